The van der Waals surface area contributed by atoms with Crippen LogP contribution in [0.25, 0.3) is 0 Å². The Balaban J connectivity index is 5.42. The average Bonchev–Trinajstić information content (AvgIpc) is 1.94. The molecule has 0 aliphatic rings. The Morgan fingerprint density at radius 2 is 2.56 bits per heavy atom. The summed E-state index contributed by atoms with van der Waals surface area (Å²) in [5, 5.41) is 17.7. The van der Waals surface area contributed by atoms with Gasteiger partial charge in [-0.05, 0) is 13.7 Å². The molecule has 2 N–H and O–H groups in total. The third kappa shape index (κ3) is 3.72. The van der Waals surface area contributed by atoms with Crippen molar-refractivity contribution in [1.29, 1.82) is 0 Å². The Hall–Kier alpha value is -0.840. The summed E-state index contributed by atoms with van der Waals surface area (Å²) >= 11 is 0. The monoisotopic (exact) mass is 140 g/mol. The Bertz CT molecular complexity index is 234. The number of hydrogen-bond acceptors (Lipinski definition) is 3. The minimum absolute atomic E-state index is 1.17. The first-order chi connectivity index (χ1) is 6.48. The van der Waals surface area contributed by atoms with Crippen LogP contribution >= 0.6 is 0 Å². The summed E-state index contributed by atoms with van der Waals surface area (Å²) in [5.41, 5.74) is -1.78. The summed E-state index contributed by atoms with van der Waals surface area (Å²) in [6.07, 6.45) is 0. The van der Waals surface area contributed by atoms with Crippen LogP contribution in [0.5, 0.6) is 0 Å². The Kier molecular flexibility index (Phi) is 0.706. The quantitative estimate of drug-likeness (QED) is 0.411. The van der Waals surface area contributed by atoms with Gasteiger partial charge in [-0.3, -0.25) is 0 Å². The zero-order valence-corrected chi connectivity index (χ0v) is 4.42. The molecule has 54 valence electrons. The number of aliphatic hydroxyl groups excluding tert-OH is 1. The van der Waals surface area contributed by atoms with E-state index in [0.717, 1.165) is 0 Å². The molecule has 0 saturated carbocycles. The normalized spacial score (nSPS) is 23.7. The van der Waals surface area contributed by atoms with Gasteiger partial charge in [0.1, 0.15) is 5.54 Å². The van der Waals surface area contributed by atoms with Crippen molar-refractivity contribution in [3.63, 3.8) is 0 Å². The fraction of sp³-hybridized carbons (Fsp3) is 1.00. The minimum Gasteiger partial charge on any atom is -0.394 e. The molecule has 0 radical (unpaired) electrons. The van der Waals surface area contributed by atoms with Crippen LogP contribution in [0.3, 0.4) is 0 Å². The first-order valence-corrected chi connectivity index (χ1v) is 2.01. The molecule has 0 saturated heterocycles. The van der Waals surface area contributed by atoms with Crippen LogP contribution in [0.15, 0.2) is 0 Å². The van der Waals surface area contributed by atoms with Gasteiger partial charge < -0.3 is 5.11 Å². The van der Waals surface area contributed by atoms with Crippen molar-refractivity contribution < 1.29 is 18.4 Å². The van der Waals surface area contributed by atoms with Crippen molar-refractivity contribution in [2.45, 2.75) is 19.2 Å². The van der Waals surface area contributed by atoms with Gasteiger partial charge in [0.2, 0.25) is 0 Å². The molecule has 0 aromatic carbocycles. The third-order valence-corrected chi connectivity index (χ3v) is 0.519. The predicted octanol–water partition coefficient (Wildman–Crippen LogP) is -0.461. The van der Waals surface area contributed by atoms with Crippen LogP contribution in [-0.4, -0.2) is 22.3 Å². The van der Waals surface area contributed by atoms with Crippen molar-refractivity contribution in [2.24, 2.45) is 0 Å². The fourth-order valence-electron chi connectivity index (χ4n) is 0.191. The highest BCUT2D eigenvalue weighted by Gasteiger charge is 2.20. The molecule has 0 aliphatic heterocycles. The lowest BCUT2D eigenvalue weighted by atomic mass is 10.1. The molecule has 0 aromatic rings. The van der Waals surface area contributed by atoms with Crippen LogP contribution < -0.4 is 5.43 Å². The van der Waals surface area contributed by atoms with E-state index in [-0.39, 0.29) is 0 Å². The van der Waals surface area contributed by atoms with Gasteiger partial charge in [-0.1, -0.05) is 0 Å². The van der Waals surface area contributed by atoms with Gasteiger partial charge in [0.05, 0.1) is 6.61 Å². The molecule has 5 nitrogen and oxygen atoms in total. The van der Waals surface area contributed by atoms with Crippen LogP contribution in [0.1, 0.15) is 21.9 Å². The van der Waals surface area contributed by atoms with E-state index in [0.29, 0.717) is 0 Å². The summed E-state index contributed by atoms with van der Waals surface area (Å²) in [7, 11) is 0. The Labute approximate surface area is 61.2 Å². The molecule has 0 spiro atoms. The molecule has 0 aromatic heterocycles. The minimum atomic E-state index is -3.24. The van der Waals surface area contributed by atoms with E-state index >= 15 is 0 Å². The van der Waals surface area contributed by atoms with E-state index < -0.39 is 30.9 Å². The fourth-order valence-corrected chi connectivity index (χ4v) is 0.191. The van der Waals surface area contributed by atoms with Crippen LogP contribution in [0.4, 0.5) is 0 Å². The summed E-state index contributed by atoms with van der Waals surface area (Å²) in [6.45, 7) is -7.87. The highest BCUT2D eigenvalue weighted by molar-refractivity contribution is 4.69. The molecule has 0 amide bonds. The van der Waals surface area contributed by atoms with Gasteiger partial charge in [0.25, 0.3) is 0 Å². The molecule has 0 heterocycles. The first kappa shape index (κ1) is 2.42. The number of nitro groups is 1. The smallest absolute Gasteiger partial charge is 0.158 e. The van der Waals surface area contributed by atoms with Gasteiger partial charge in [-0.15, -0.1) is 5.43 Å². The molecule has 0 atom stereocenters. The molecule has 9 heavy (non-hydrogen) atoms. The zero-order chi connectivity index (χ0) is 12.5. The van der Waals surface area contributed by atoms with Gasteiger partial charge in [0.15, 0.2) is 5.03 Å². The first-order valence-electron chi connectivity index (χ1n) is 5.01. The Morgan fingerprint density at radius 3 is 2.67 bits per heavy atom. The maximum Gasteiger partial charge on any atom is 0.158 e. The summed E-state index contributed by atoms with van der Waals surface area (Å²) in [5.74, 6) is 0. The number of hydrogen-bond donors (Lipinski definition) is 2. The third-order valence-electron chi connectivity index (χ3n) is 0.519. The Morgan fingerprint density at radius 1 is 2.00 bits per heavy atom. The lowest BCUT2D eigenvalue weighted by Gasteiger charge is -2.16. The van der Waals surface area contributed by atoms with Crippen molar-refractivity contribution >= 4 is 0 Å². The van der Waals surface area contributed by atoms with Gasteiger partial charge in [-0.25, -0.2) is 10.1 Å². The number of nitrogens with one attached hydrogen (secondary N) is 1. The second-order valence-electron chi connectivity index (χ2n) is 1.43. The lowest BCUT2D eigenvalue weighted by molar-refractivity contribution is -0.558. The molecule has 0 aliphatic carbocycles. The van der Waals surface area contributed by atoms with Gasteiger partial charge in [0, 0.05) is 8.22 Å². The highest BCUT2D eigenvalue weighted by Crippen LogP contribution is 1.97. The lowest BCUT2D eigenvalue weighted by Crippen LogP contribution is -2.45. The maximum absolute atomic E-state index is 10.2. The largest absolute Gasteiger partial charge is 0.394 e. The molecular weight excluding hydrogens is 124 g/mol. The summed E-state index contributed by atoms with van der Waals surface area (Å²) in [4.78, 5) is 10.2. The van der Waals surface area contributed by atoms with E-state index in [1.54, 1.807) is 0 Å². The van der Waals surface area contributed by atoms with Gasteiger partial charge >= 0.3 is 0 Å². The number of aliphatic hydroxyl groups is 1. The van der Waals surface area contributed by atoms with Crippen LogP contribution in [-0.2, 0) is 0 Å². The van der Waals surface area contributed by atoms with Crippen LogP contribution in [0, 0.1) is 10.1 Å². The average molecular weight is 140 g/mol. The van der Waals surface area contributed by atoms with E-state index in [9.17, 15) is 10.1 Å². The number of nitrogens with zero attached hydrogens (tertiary/aromatic N) is 1. The van der Waals surface area contributed by atoms with Crippen molar-refractivity contribution in [3.05, 3.63) is 10.1 Å². The molecule has 0 fully saturated rings. The number of hydrazine groups is 1. The van der Waals surface area contributed by atoms with E-state index in [4.69, 9.17) is 13.3 Å². The van der Waals surface area contributed by atoms with Crippen molar-refractivity contribution in [1.82, 2.24) is 5.43 Å². The molecule has 0 rings (SSSR count). The van der Waals surface area contributed by atoms with E-state index in [1.807, 2.05) is 0 Å². The van der Waals surface area contributed by atoms with Gasteiger partial charge in [-0.2, -0.15) is 0 Å². The molecule has 0 bridgehead atoms. The molecule has 0 unspecified atom stereocenters. The standard InChI is InChI=1S/C4H10N2O3/c1-4(2,3-7)5-6(8)9/h5,7H,3H2,1-2H3/i1D3,2D3. The predicted molar refractivity (Wildman–Crippen MR) is 31.3 cm³/mol. The second kappa shape index (κ2) is 2.63. The number of rotatable bonds is 3. The molecule has 5 heteroatoms. The summed E-state index contributed by atoms with van der Waals surface area (Å²) in [6, 6.07) is 0. The summed E-state index contributed by atoms with van der Waals surface area (Å²) < 4.78 is 41.6. The van der Waals surface area contributed by atoms with E-state index in [1.165, 1.54) is 5.43 Å². The van der Waals surface area contributed by atoms with E-state index in [2.05, 4.69) is 0 Å². The van der Waals surface area contributed by atoms with Crippen molar-refractivity contribution in [3.8, 4) is 0 Å². The SMILES string of the molecule is [2H]C([2H])([2H])C(CO)(N[N+](=O)[O-])C([2H])([2H])[2H]. The topological polar surface area (TPSA) is 75.4 Å². The van der Waals surface area contributed by atoms with Crippen molar-refractivity contribution in [2.75, 3.05) is 6.61 Å². The maximum atomic E-state index is 10.2. The molecular formula is C4H10N2O3. The zero-order valence-electron chi connectivity index (χ0n) is 10.4. The second-order valence-corrected chi connectivity index (χ2v) is 1.43. The van der Waals surface area contributed by atoms with Crippen LogP contribution in [0.2, 0.25) is 0 Å². The highest BCUT2D eigenvalue weighted by atomic mass is 16.7.